The lowest BCUT2D eigenvalue weighted by Gasteiger charge is -2.27. The predicted octanol–water partition coefficient (Wildman–Crippen LogP) is 3.75. The van der Waals surface area contributed by atoms with E-state index in [-0.39, 0.29) is 15.8 Å². The van der Waals surface area contributed by atoms with Crippen molar-refractivity contribution >= 4 is 40.3 Å². The number of thioether (sulfide) groups is 1. The maximum Gasteiger partial charge on any atom is 0.442 e. The van der Waals surface area contributed by atoms with E-state index in [0.717, 1.165) is 17.3 Å². The highest BCUT2D eigenvalue weighted by Gasteiger charge is 2.65. The summed E-state index contributed by atoms with van der Waals surface area (Å²) in [6.45, 7) is 0. The first-order chi connectivity index (χ1) is 13.2. The van der Waals surface area contributed by atoms with E-state index in [1.165, 1.54) is 24.3 Å². The molecule has 0 bridgehead atoms. The van der Waals surface area contributed by atoms with Crippen molar-refractivity contribution in [1.82, 2.24) is 10.6 Å². The monoisotopic (exact) mass is 427 g/mol. The molecule has 10 heteroatoms. The van der Waals surface area contributed by atoms with Crippen LogP contribution in [0, 0.1) is 0 Å². The van der Waals surface area contributed by atoms with Gasteiger partial charge < -0.3 is 10.6 Å². The van der Waals surface area contributed by atoms with Gasteiger partial charge in [0.1, 0.15) is 0 Å². The minimum Gasteiger partial charge on any atom is -0.312 e. The van der Waals surface area contributed by atoms with Gasteiger partial charge in [-0.3, -0.25) is 9.59 Å². The molecule has 146 valence electrons. The second-order valence-corrected chi connectivity index (χ2v) is 7.22. The summed E-state index contributed by atoms with van der Waals surface area (Å²) in [4.78, 5) is 28.0. The molecule has 0 fully saturated rings. The van der Waals surface area contributed by atoms with Crippen LogP contribution in [0.2, 0.25) is 5.02 Å². The van der Waals surface area contributed by atoms with Crippen LogP contribution in [0.25, 0.3) is 0 Å². The van der Waals surface area contributed by atoms with E-state index < -0.39 is 23.7 Å². The van der Waals surface area contributed by atoms with Gasteiger partial charge in [-0.15, -0.1) is 0 Å². The van der Waals surface area contributed by atoms with Crippen molar-refractivity contribution in [2.45, 2.75) is 17.6 Å². The topological polar surface area (TPSA) is 70.6 Å². The first-order valence-corrected chi connectivity index (χ1v) is 9.30. The Morgan fingerprint density at radius 3 is 2.54 bits per heavy atom. The summed E-state index contributed by atoms with van der Waals surface area (Å²) in [5.41, 5.74) is -2.67. The van der Waals surface area contributed by atoms with Gasteiger partial charge in [0.25, 0.3) is 11.8 Å². The fraction of sp³-hybridized carbons (Fsp3) is 0.167. The lowest BCUT2D eigenvalue weighted by Crippen LogP contribution is -2.63. The average molecular weight is 428 g/mol. The average Bonchev–Trinajstić information content (AvgIpc) is 2.97. The van der Waals surface area contributed by atoms with Gasteiger partial charge in [-0.1, -0.05) is 59.8 Å². The molecular formula is C18H13ClF3N3O2S. The van der Waals surface area contributed by atoms with Gasteiger partial charge >= 0.3 is 11.8 Å². The van der Waals surface area contributed by atoms with E-state index in [4.69, 9.17) is 11.6 Å². The maximum atomic E-state index is 13.7. The van der Waals surface area contributed by atoms with Crippen molar-refractivity contribution in [3.63, 3.8) is 0 Å². The van der Waals surface area contributed by atoms with E-state index in [9.17, 15) is 22.8 Å². The second-order valence-electron chi connectivity index (χ2n) is 5.82. The Hall–Kier alpha value is -2.52. The number of carbonyl (C=O) groups is 2. The fourth-order valence-corrected chi connectivity index (χ4v) is 3.48. The molecule has 1 unspecified atom stereocenters. The van der Waals surface area contributed by atoms with Gasteiger partial charge in [-0.25, -0.2) is 4.99 Å². The minimum absolute atomic E-state index is 0.121. The molecule has 0 saturated carbocycles. The number of carbonyl (C=O) groups excluding carboxylic acids is 2. The third-order valence-electron chi connectivity index (χ3n) is 3.83. The Kier molecular flexibility index (Phi) is 5.66. The SMILES string of the molecule is O=C(NC1(C(F)(F)F)N=C(SCc2ccccc2)NC1=O)c1cccc(Cl)c1. The summed E-state index contributed by atoms with van der Waals surface area (Å²) >= 11 is 6.70. The van der Waals surface area contributed by atoms with Crippen molar-refractivity contribution in [3.8, 4) is 0 Å². The number of nitrogens with zero attached hydrogens (tertiary/aromatic N) is 1. The third kappa shape index (κ3) is 4.15. The van der Waals surface area contributed by atoms with E-state index in [0.29, 0.717) is 5.75 Å². The number of halogens is 4. The van der Waals surface area contributed by atoms with Gasteiger partial charge in [-0.05, 0) is 23.8 Å². The Bertz CT molecular complexity index is 937. The molecule has 0 aliphatic carbocycles. The van der Waals surface area contributed by atoms with Gasteiger partial charge in [0.15, 0.2) is 5.17 Å². The van der Waals surface area contributed by atoms with Crippen molar-refractivity contribution in [3.05, 3.63) is 70.7 Å². The summed E-state index contributed by atoms with van der Waals surface area (Å²) in [7, 11) is 0. The summed E-state index contributed by atoms with van der Waals surface area (Å²) in [6, 6.07) is 14.3. The zero-order chi connectivity index (χ0) is 20.4. The van der Waals surface area contributed by atoms with Gasteiger partial charge in [0.05, 0.1) is 0 Å². The van der Waals surface area contributed by atoms with Crippen molar-refractivity contribution in [2.75, 3.05) is 0 Å². The number of hydrogen-bond acceptors (Lipinski definition) is 4. The largest absolute Gasteiger partial charge is 0.442 e. The summed E-state index contributed by atoms with van der Waals surface area (Å²) in [5, 5.41) is 3.77. The van der Waals surface area contributed by atoms with Crippen LogP contribution in [0.15, 0.2) is 59.6 Å². The van der Waals surface area contributed by atoms with Crippen LogP contribution in [0.4, 0.5) is 13.2 Å². The zero-order valence-corrected chi connectivity index (χ0v) is 15.7. The van der Waals surface area contributed by atoms with Crippen LogP contribution in [-0.4, -0.2) is 28.8 Å². The van der Waals surface area contributed by atoms with Crippen molar-refractivity contribution in [1.29, 1.82) is 0 Å². The predicted molar refractivity (Wildman–Crippen MR) is 101 cm³/mol. The van der Waals surface area contributed by atoms with E-state index in [1.54, 1.807) is 29.6 Å². The Morgan fingerprint density at radius 1 is 1.18 bits per heavy atom. The smallest absolute Gasteiger partial charge is 0.312 e. The summed E-state index contributed by atoms with van der Waals surface area (Å²) in [5.74, 6) is -2.28. The minimum atomic E-state index is -5.14. The molecule has 3 rings (SSSR count). The molecule has 1 atom stereocenters. The van der Waals surface area contributed by atoms with Crippen LogP contribution in [0.1, 0.15) is 15.9 Å². The van der Waals surface area contributed by atoms with Crippen LogP contribution in [0.3, 0.4) is 0 Å². The quantitative estimate of drug-likeness (QED) is 0.780. The standard InChI is InChI=1S/C18H13ClF3N3O2S/c19-13-8-4-7-12(9-13)14(26)24-17(18(20,21)22)15(27)23-16(25-17)28-10-11-5-2-1-3-6-11/h1-9H,10H2,(H,24,26)(H,23,25,27). The summed E-state index contributed by atoms with van der Waals surface area (Å²) in [6.07, 6.45) is -5.14. The number of aliphatic imine (C=N–C) groups is 1. The van der Waals surface area contributed by atoms with Crippen LogP contribution in [0.5, 0.6) is 0 Å². The van der Waals surface area contributed by atoms with E-state index in [2.05, 4.69) is 10.3 Å². The fourth-order valence-electron chi connectivity index (χ4n) is 2.43. The van der Waals surface area contributed by atoms with E-state index >= 15 is 0 Å². The number of amides is 2. The number of amidine groups is 1. The highest BCUT2D eigenvalue weighted by atomic mass is 35.5. The van der Waals surface area contributed by atoms with Crippen molar-refractivity contribution < 1.29 is 22.8 Å². The molecule has 0 aromatic heterocycles. The number of nitrogens with one attached hydrogen (secondary N) is 2. The Morgan fingerprint density at radius 2 is 1.89 bits per heavy atom. The number of rotatable bonds is 4. The van der Waals surface area contributed by atoms with Gasteiger partial charge in [0.2, 0.25) is 0 Å². The van der Waals surface area contributed by atoms with E-state index in [1.807, 2.05) is 6.07 Å². The molecule has 2 aromatic rings. The Labute approximate surface area is 167 Å². The molecule has 2 N–H and O–H groups in total. The number of alkyl halides is 3. The molecular weight excluding hydrogens is 415 g/mol. The molecule has 0 spiro atoms. The van der Waals surface area contributed by atoms with Crippen LogP contribution < -0.4 is 10.6 Å². The molecule has 1 heterocycles. The normalized spacial score (nSPS) is 19.1. The van der Waals surface area contributed by atoms with Gasteiger partial charge in [0, 0.05) is 16.3 Å². The summed E-state index contributed by atoms with van der Waals surface area (Å²) < 4.78 is 41.2. The second kappa shape index (κ2) is 7.84. The number of benzene rings is 2. The maximum absolute atomic E-state index is 13.7. The highest BCUT2D eigenvalue weighted by molar-refractivity contribution is 8.13. The Balaban J connectivity index is 1.85. The molecule has 0 saturated heterocycles. The number of hydrogen-bond donors (Lipinski definition) is 2. The third-order valence-corrected chi connectivity index (χ3v) is 5.01. The van der Waals surface area contributed by atoms with Crippen molar-refractivity contribution in [2.24, 2.45) is 4.99 Å². The molecule has 28 heavy (non-hydrogen) atoms. The first-order valence-electron chi connectivity index (χ1n) is 7.94. The molecule has 2 amide bonds. The first kappa shape index (κ1) is 20.2. The highest BCUT2D eigenvalue weighted by Crippen LogP contribution is 2.36. The van der Waals surface area contributed by atoms with Crippen LogP contribution >= 0.6 is 23.4 Å². The van der Waals surface area contributed by atoms with Gasteiger partial charge in [-0.2, -0.15) is 13.2 Å². The molecule has 0 radical (unpaired) electrons. The lowest BCUT2D eigenvalue weighted by molar-refractivity contribution is -0.192. The zero-order valence-electron chi connectivity index (χ0n) is 14.1. The van der Waals surface area contributed by atoms with Crippen LogP contribution in [-0.2, 0) is 10.5 Å². The lowest BCUT2D eigenvalue weighted by atomic mass is 10.1. The molecule has 5 nitrogen and oxygen atoms in total. The molecule has 2 aromatic carbocycles. The molecule has 1 aliphatic heterocycles. The molecule has 1 aliphatic rings.